The van der Waals surface area contributed by atoms with Gasteiger partial charge in [-0.3, -0.25) is 19.1 Å². The number of cyclic esters (lactones) is 1. The lowest BCUT2D eigenvalue weighted by atomic mass is 9.85. The second kappa shape index (κ2) is 13.5. The zero-order valence-corrected chi connectivity index (χ0v) is 29.3. The summed E-state index contributed by atoms with van der Waals surface area (Å²) in [5, 5.41) is 17.2. The van der Waals surface area contributed by atoms with Gasteiger partial charge in [-0.15, -0.1) is 6.58 Å². The number of amides is 4. The Bertz CT molecular complexity index is 1810. The molecule has 1 aromatic carbocycles. The molecule has 4 aliphatic rings. The van der Waals surface area contributed by atoms with E-state index in [9.17, 15) is 32.7 Å². The third-order valence-electron chi connectivity index (χ3n) is 9.99. The van der Waals surface area contributed by atoms with E-state index in [4.69, 9.17) is 9.47 Å². The van der Waals surface area contributed by atoms with Crippen LogP contribution in [0, 0.1) is 11.3 Å². The lowest BCUT2D eigenvalue weighted by Gasteiger charge is -2.35. The maximum atomic E-state index is 14.4. The van der Waals surface area contributed by atoms with Crippen molar-refractivity contribution in [3.8, 4) is 5.88 Å². The van der Waals surface area contributed by atoms with Crippen molar-refractivity contribution in [2.24, 2.45) is 11.3 Å². The van der Waals surface area contributed by atoms with Gasteiger partial charge in [0.05, 0.1) is 24.5 Å². The fraction of sp³-hybridized carbons (Fsp3) is 0.571. The van der Waals surface area contributed by atoms with Crippen LogP contribution in [0.2, 0.25) is 0 Å². The van der Waals surface area contributed by atoms with E-state index in [1.54, 1.807) is 27.0 Å². The number of aromatic nitrogens is 1. The van der Waals surface area contributed by atoms with E-state index in [-0.39, 0.29) is 31.9 Å². The molecule has 4 N–H and O–H groups in total. The molecule has 0 radical (unpaired) electrons. The fourth-order valence-corrected chi connectivity index (χ4v) is 8.12. The number of fused-ring (bicyclic) bond motifs is 3. The van der Waals surface area contributed by atoms with Crippen LogP contribution in [0.3, 0.4) is 0 Å². The number of hydrogen-bond donors (Lipinski definition) is 4. The Morgan fingerprint density at radius 2 is 1.92 bits per heavy atom. The van der Waals surface area contributed by atoms with Gasteiger partial charge in [-0.1, -0.05) is 39.0 Å². The van der Waals surface area contributed by atoms with Gasteiger partial charge in [0.15, 0.2) is 0 Å². The van der Waals surface area contributed by atoms with Crippen molar-refractivity contribution in [3.05, 3.63) is 48.7 Å². The van der Waals surface area contributed by atoms with E-state index in [1.807, 2.05) is 24.3 Å². The normalized spacial score (nSPS) is 29.2. The third kappa shape index (κ3) is 7.29. The van der Waals surface area contributed by atoms with Crippen LogP contribution in [-0.2, 0) is 29.1 Å². The Morgan fingerprint density at radius 3 is 2.60 bits per heavy atom. The number of nitrogens with zero attached hydrogens (tertiary/aromatic N) is 2. The molecule has 270 valence electrons. The van der Waals surface area contributed by atoms with Crippen LogP contribution in [0.15, 0.2) is 43.1 Å². The first-order valence-corrected chi connectivity index (χ1v) is 18.7. The number of ether oxygens (including phenoxy) is 2. The van der Waals surface area contributed by atoms with Crippen LogP contribution in [0.1, 0.15) is 77.4 Å². The number of sulfonamides is 1. The van der Waals surface area contributed by atoms with Gasteiger partial charge in [0.1, 0.15) is 23.7 Å². The summed E-state index contributed by atoms with van der Waals surface area (Å²) in [6, 6.07) is 5.07. The Morgan fingerprint density at radius 1 is 1.16 bits per heavy atom. The van der Waals surface area contributed by atoms with Crippen molar-refractivity contribution in [2.75, 3.05) is 13.2 Å². The van der Waals surface area contributed by atoms with Crippen LogP contribution in [-0.4, -0.2) is 89.4 Å². The first-order chi connectivity index (χ1) is 23.6. The molecule has 1 aromatic heterocycles. The van der Waals surface area contributed by atoms with E-state index in [1.165, 1.54) is 11.0 Å². The summed E-state index contributed by atoms with van der Waals surface area (Å²) in [7, 11) is -3.90. The molecule has 6 atom stereocenters. The van der Waals surface area contributed by atoms with Gasteiger partial charge >= 0.3 is 6.09 Å². The molecule has 0 unspecified atom stereocenters. The van der Waals surface area contributed by atoms with E-state index in [0.717, 1.165) is 5.39 Å². The summed E-state index contributed by atoms with van der Waals surface area (Å²) in [6.45, 7) is 9.10. The maximum absolute atomic E-state index is 14.4. The van der Waals surface area contributed by atoms with Crippen molar-refractivity contribution < 1.29 is 42.2 Å². The second-order valence-corrected chi connectivity index (χ2v) is 16.8. The maximum Gasteiger partial charge on any atom is 0.407 e. The zero-order chi connectivity index (χ0) is 36.0. The quantitative estimate of drug-likeness (QED) is 0.324. The number of alkyl carbamates (subject to hydrolysis) is 1. The standard InChI is InChI=1S/C35H45N5O9S/c1-5-22-18-35(22,32(44)39-50(46,47)24-11-12-24)38-29(42)26-17-23-19-40(26)31(43)28(34(2,3)4)37-33(45)48-15-7-6-8-27(41)21-10-9-20-13-14-36-30(49-23)25(20)16-21/h5,9-10,13-14,16,22-24,26-28,41H,1,6-8,11-12,15,17-19H2,2-4H3,(H,37,45)(H,38,42)(H,39,44)/t22-,23-,26+,27+,28-,35-/m1/s1. The third-order valence-corrected chi connectivity index (χ3v) is 11.8. The Kier molecular flexibility index (Phi) is 9.59. The Balaban J connectivity index is 1.33. The van der Waals surface area contributed by atoms with Gasteiger partial charge < -0.3 is 30.1 Å². The summed E-state index contributed by atoms with van der Waals surface area (Å²) < 4.78 is 39.2. The number of aliphatic hydroxyl groups is 1. The highest BCUT2D eigenvalue weighted by atomic mass is 32.2. The van der Waals surface area contributed by atoms with Crippen LogP contribution in [0.5, 0.6) is 5.88 Å². The number of hydrogen-bond acceptors (Lipinski definition) is 10. The molecule has 6 rings (SSSR count). The molecule has 14 nitrogen and oxygen atoms in total. The van der Waals surface area contributed by atoms with E-state index >= 15 is 0 Å². The predicted molar refractivity (Wildman–Crippen MR) is 182 cm³/mol. The van der Waals surface area contributed by atoms with Crippen molar-refractivity contribution >= 4 is 44.6 Å². The lowest BCUT2D eigenvalue weighted by Crippen LogP contribution is -2.60. The summed E-state index contributed by atoms with van der Waals surface area (Å²) in [5.74, 6) is -2.34. The highest BCUT2D eigenvalue weighted by molar-refractivity contribution is 7.91. The first-order valence-electron chi connectivity index (χ1n) is 17.1. The molecule has 1 saturated heterocycles. The minimum atomic E-state index is -3.90. The first kappa shape index (κ1) is 35.6. The van der Waals surface area contributed by atoms with Gasteiger partial charge in [0, 0.05) is 23.9 Å². The molecular weight excluding hydrogens is 666 g/mol. The molecule has 0 spiro atoms. The monoisotopic (exact) mass is 711 g/mol. The number of benzene rings is 1. The average molecular weight is 712 g/mol. The minimum absolute atomic E-state index is 0.0100. The SMILES string of the molecule is C=C[C@@H]1C[C@]1(NC(=O)[C@@H]1C[C@@H]2CN1C(=O)[C@H](C(C)(C)C)NC(=O)OCCCC[C@H](O)c1ccc3ccnc(c3c1)O2)C(=O)NS(=O)(=O)C1CC1. The minimum Gasteiger partial charge on any atom is -0.472 e. The molecule has 15 heteroatoms. The predicted octanol–water partition coefficient (Wildman–Crippen LogP) is 2.61. The number of nitrogens with one attached hydrogen (secondary N) is 3. The molecule has 50 heavy (non-hydrogen) atoms. The zero-order valence-electron chi connectivity index (χ0n) is 28.5. The summed E-state index contributed by atoms with van der Waals surface area (Å²) >= 11 is 0. The Hall–Kier alpha value is -4.24. The number of carbonyl (C=O) groups is 4. The van der Waals surface area contributed by atoms with E-state index in [0.29, 0.717) is 43.1 Å². The van der Waals surface area contributed by atoms with Crippen LogP contribution in [0.4, 0.5) is 4.79 Å². The highest BCUT2D eigenvalue weighted by Crippen LogP contribution is 2.45. The summed E-state index contributed by atoms with van der Waals surface area (Å²) in [5.41, 5.74) is -1.70. The molecule has 4 bridgehead atoms. The average Bonchev–Trinajstić information content (AvgIpc) is 3.99. The molecule has 2 aliphatic carbocycles. The van der Waals surface area contributed by atoms with E-state index < -0.39 is 80.3 Å². The van der Waals surface area contributed by atoms with Gasteiger partial charge in [-0.05, 0) is 67.0 Å². The van der Waals surface area contributed by atoms with Crippen molar-refractivity contribution in [1.29, 1.82) is 0 Å². The lowest BCUT2D eigenvalue weighted by molar-refractivity contribution is -0.142. The number of carbonyl (C=O) groups excluding carboxylic acids is 4. The number of rotatable bonds is 6. The van der Waals surface area contributed by atoms with E-state index in [2.05, 4.69) is 26.9 Å². The van der Waals surface area contributed by atoms with Crippen molar-refractivity contribution in [1.82, 2.24) is 25.2 Å². The molecule has 3 fully saturated rings. The van der Waals surface area contributed by atoms with Gasteiger partial charge in [-0.25, -0.2) is 18.2 Å². The molecule has 3 heterocycles. The van der Waals surface area contributed by atoms with Crippen molar-refractivity contribution in [2.45, 2.75) is 101 Å². The molecule has 2 aromatic rings. The highest BCUT2D eigenvalue weighted by Gasteiger charge is 2.62. The molecule has 2 saturated carbocycles. The Labute approximate surface area is 291 Å². The molecule has 2 aliphatic heterocycles. The number of pyridine rings is 1. The summed E-state index contributed by atoms with van der Waals surface area (Å²) in [4.78, 5) is 60.7. The fourth-order valence-electron chi connectivity index (χ4n) is 6.76. The van der Waals surface area contributed by atoms with Crippen LogP contribution >= 0.6 is 0 Å². The van der Waals surface area contributed by atoms with Gasteiger partial charge in [-0.2, -0.15) is 0 Å². The number of aliphatic hydroxyl groups excluding tert-OH is 1. The smallest absolute Gasteiger partial charge is 0.407 e. The van der Waals surface area contributed by atoms with Gasteiger partial charge in [0.2, 0.25) is 27.7 Å². The van der Waals surface area contributed by atoms with Crippen LogP contribution in [0.25, 0.3) is 10.8 Å². The topological polar surface area (TPSA) is 193 Å². The molecular formula is C35H45N5O9S. The van der Waals surface area contributed by atoms with Crippen molar-refractivity contribution in [3.63, 3.8) is 0 Å². The molecule has 4 amide bonds. The summed E-state index contributed by atoms with van der Waals surface area (Å²) in [6.07, 6.45) is 3.34. The van der Waals surface area contributed by atoms with Crippen LogP contribution < -0.4 is 20.1 Å². The second-order valence-electron chi connectivity index (χ2n) is 14.9. The largest absolute Gasteiger partial charge is 0.472 e. The van der Waals surface area contributed by atoms with Gasteiger partial charge in [0.25, 0.3) is 5.91 Å².